The first-order valence-corrected chi connectivity index (χ1v) is 13.9. The van der Waals surface area contributed by atoms with Gasteiger partial charge in [0.2, 0.25) is 11.8 Å². The van der Waals surface area contributed by atoms with Crippen LogP contribution < -0.4 is 15.8 Å². The van der Waals surface area contributed by atoms with Crippen molar-refractivity contribution in [1.29, 1.82) is 0 Å². The van der Waals surface area contributed by atoms with E-state index in [1.54, 1.807) is 19.3 Å². The number of benzene rings is 2. The Hall–Kier alpha value is -3.42. The van der Waals surface area contributed by atoms with Crippen LogP contribution in [0.2, 0.25) is 0 Å². The molecule has 4 N–H and O–H groups in total. The molecule has 210 valence electrons. The fraction of sp³-hybridized carbons (Fsp3) is 0.438. The molecule has 0 bridgehead atoms. The van der Waals surface area contributed by atoms with Gasteiger partial charge in [-0.3, -0.25) is 9.59 Å². The molecule has 1 aliphatic rings. The summed E-state index contributed by atoms with van der Waals surface area (Å²) in [5.41, 5.74) is 7.09. The van der Waals surface area contributed by atoms with E-state index in [4.69, 9.17) is 10.5 Å². The highest BCUT2D eigenvalue weighted by Crippen LogP contribution is 2.44. The molecule has 0 heterocycles. The first-order valence-electron chi connectivity index (χ1n) is 13.9. The number of aliphatic hydroxyl groups excluding tert-OH is 1. The summed E-state index contributed by atoms with van der Waals surface area (Å²) >= 11 is 0. The van der Waals surface area contributed by atoms with Gasteiger partial charge in [-0.2, -0.15) is 0 Å². The number of carbonyl (C=O) groups is 2. The van der Waals surface area contributed by atoms with Gasteiger partial charge in [0, 0.05) is 37.7 Å². The number of carbonyl (C=O) groups excluding carboxylic acids is 2. The number of allylic oxidation sites excluding steroid dienone is 2. The number of rotatable bonds is 15. The maximum atomic E-state index is 14.4. The lowest BCUT2D eigenvalue weighted by Crippen LogP contribution is -2.54. The summed E-state index contributed by atoms with van der Waals surface area (Å²) < 4.78 is 5.24. The third kappa shape index (κ3) is 7.80. The maximum absolute atomic E-state index is 14.4. The molecule has 0 saturated heterocycles. The molecule has 7 heteroatoms. The second-order valence-corrected chi connectivity index (χ2v) is 10.3. The van der Waals surface area contributed by atoms with Gasteiger partial charge in [-0.15, -0.1) is 0 Å². The first kappa shape index (κ1) is 30.1. The number of ether oxygens (including phenoxy) is 1. The zero-order valence-corrected chi connectivity index (χ0v) is 23.4. The van der Waals surface area contributed by atoms with Crippen LogP contribution in [0.25, 0.3) is 0 Å². The van der Waals surface area contributed by atoms with E-state index in [1.165, 1.54) is 0 Å². The van der Waals surface area contributed by atoms with Crippen molar-refractivity contribution in [1.82, 2.24) is 10.2 Å². The molecule has 0 fully saturated rings. The number of amides is 2. The lowest BCUT2D eigenvalue weighted by Gasteiger charge is -2.44. The maximum Gasteiger partial charge on any atom is 0.244 e. The SMILES string of the molecule is CCCN(CCC)C(=O)C1([C@H](Cc2ccccc2)[C@@H](O)CNCc2ccc(OC)cc2)C=CC=C(C(N)=O)C1. The third-order valence-corrected chi connectivity index (χ3v) is 7.43. The number of methoxy groups -OCH3 is 1. The van der Waals surface area contributed by atoms with Crippen LogP contribution in [0.1, 0.15) is 44.2 Å². The van der Waals surface area contributed by atoms with Gasteiger partial charge in [0.25, 0.3) is 0 Å². The van der Waals surface area contributed by atoms with Gasteiger partial charge in [-0.25, -0.2) is 0 Å². The van der Waals surface area contributed by atoms with Crippen molar-refractivity contribution in [2.24, 2.45) is 17.1 Å². The molecule has 0 radical (unpaired) electrons. The van der Waals surface area contributed by atoms with E-state index >= 15 is 0 Å². The Morgan fingerprint density at radius 2 is 1.72 bits per heavy atom. The number of nitrogens with two attached hydrogens (primary N) is 1. The lowest BCUT2D eigenvalue weighted by molar-refractivity contribution is -0.145. The fourth-order valence-corrected chi connectivity index (χ4v) is 5.43. The summed E-state index contributed by atoms with van der Waals surface area (Å²) in [6.45, 7) is 6.16. The molecule has 3 atom stereocenters. The Labute approximate surface area is 232 Å². The minimum absolute atomic E-state index is 0.0653. The molecule has 0 aromatic heterocycles. The lowest BCUT2D eigenvalue weighted by atomic mass is 9.64. The van der Waals surface area contributed by atoms with Gasteiger partial charge in [-0.05, 0) is 48.9 Å². The Bertz CT molecular complexity index is 1120. The third-order valence-electron chi connectivity index (χ3n) is 7.43. The van der Waals surface area contributed by atoms with Crippen LogP contribution >= 0.6 is 0 Å². The molecule has 0 aliphatic heterocycles. The van der Waals surface area contributed by atoms with Gasteiger partial charge in [0.1, 0.15) is 5.75 Å². The van der Waals surface area contributed by atoms with E-state index in [0.717, 1.165) is 29.7 Å². The zero-order valence-electron chi connectivity index (χ0n) is 23.4. The summed E-state index contributed by atoms with van der Waals surface area (Å²) in [6.07, 6.45) is 6.74. The molecule has 39 heavy (non-hydrogen) atoms. The van der Waals surface area contributed by atoms with Crippen LogP contribution in [0, 0.1) is 11.3 Å². The van der Waals surface area contributed by atoms with Gasteiger partial charge in [0.15, 0.2) is 0 Å². The molecule has 2 aromatic carbocycles. The normalized spacial score (nSPS) is 18.2. The van der Waals surface area contributed by atoms with E-state index in [9.17, 15) is 14.7 Å². The summed E-state index contributed by atoms with van der Waals surface area (Å²) in [6, 6.07) is 17.6. The monoisotopic (exact) mass is 533 g/mol. The Morgan fingerprint density at radius 3 is 2.31 bits per heavy atom. The molecular weight excluding hydrogens is 490 g/mol. The predicted molar refractivity (Wildman–Crippen MR) is 155 cm³/mol. The smallest absolute Gasteiger partial charge is 0.244 e. The van der Waals surface area contributed by atoms with Gasteiger partial charge in [-0.1, -0.05) is 74.5 Å². The van der Waals surface area contributed by atoms with Crippen molar-refractivity contribution in [2.75, 3.05) is 26.7 Å². The zero-order chi connectivity index (χ0) is 28.3. The van der Waals surface area contributed by atoms with Crippen molar-refractivity contribution in [3.63, 3.8) is 0 Å². The van der Waals surface area contributed by atoms with E-state index in [0.29, 0.717) is 31.6 Å². The van der Waals surface area contributed by atoms with Crippen LogP contribution in [0.5, 0.6) is 5.75 Å². The number of nitrogens with one attached hydrogen (secondary N) is 1. The Kier molecular flexibility index (Phi) is 11.3. The van der Waals surface area contributed by atoms with Crippen LogP contribution in [0.15, 0.2) is 78.4 Å². The highest BCUT2D eigenvalue weighted by atomic mass is 16.5. The largest absolute Gasteiger partial charge is 0.497 e. The molecule has 0 saturated carbocycles. The minimum Gasteiger partial charge on any atom is -0.497 e. The van der Waals surface area contributed by atoms with Gasteiger partial charge < -0.3 is 25.8 Å². The number of primary amides is 1. The summed E-state index contributed by atoms with van der Waals surface area (Å²) in [7, 11) is 1.63. The van der Waals surface area contributed by atoms with Gasteiger partial charge >= 0.3 is 0 Å². The topological polar surface area (TPSA) is 105 Å². The average Bonchev–Trinajstić information content (AvgIpc) is 2.96. The summed E-state index contributed by atoms with van der Waals surface area (Å²) in [4.78, 5) is 28.6. The number of aliphatic hydroxyl groups is 1. The number of nitrogens with zero attached hydrogens (tertiary/aromatic N) is 1. The van der Waals surface area contributed by atoms with Crippen LogP contribution in [0.3, 0.4) is 0 Å². The highest BCUT2D eigenvalue weighted by molar-refractivity contribution is 5.95. The molecule has 7 nitrogen and oxygen atoms in total. The molecule has 0 spiro atoms. The molecule has 3 rings (SSSR count). The predicted octanol–water partition coefficient (Wildman–Crippen LogP) is 4.01. The first-order chi connectivity index (χ1) is 18.8. The molecule has 2 amide bonds. The highest BCUT2D eigenvalue weighted by Gasteiger charge is 2.49. The molecule has 1 unspecified atom stereocenters. The average molecular weight is 534 g/mol. The molecular formula is C32H43N3O4. The quantitative estimate of drug-likeness (QED) is 0.321. The van der Waals surface area contributed by atoms with Crippen molar-refractivity contribution in [3.8, 4) is 5.75 Å². The van der Waals surface area contributed by atoms with E-state index in [1.807, 2.05) is 79.4 Å². The second kappa shape index (κ2) is 14.7. The van der Waals surface area contributed by atoms with E-state index in [2.05, 4.69) is 5.32 Å². The second-order valence-electron chi connectivity index (χ2n) is 10.3. The Balaban J connectivity index is 1.96. The van der Waals surface area contributed by atoms with E-state index in [-0.39, 0.29) is 18.9 Å². The fourth-order valence-electron chi connectivity index (χ4n) is 5.43. The van der Waals surface area contributed by atoms with Crippen molar-refractivity contribution in [2.45, 2.75) is 52.2 Å². The van der Waals surface area contributed by atoms with Gasteiger partial charge in [0.05, 0.1) is 18.6 Å². The molecule has 2 aromatic rings. The van der Waals surface area contributed by atoms with Crippen LogP contribution in [-0.4, -0.2) is 54.7 Å². The standard InChI is InChI=1S/C32H43N3O4/c1-4-18-35(19-5-2)31(38)32(17-9-12-26(21-32)30(33)37)28(20-24-10-7-6-8-11-24)29(36)23-34-22-25-13-15-27(39-3)16-14-25/h6-17,28-29,34,36H,4-5,18-23H2,1-3H3,(H2,33,37)/t28-,29+,32?/m1/s1. The summed E-state index contributed by atoms with van der Waals surface area (Å²) in [5, 5.41) is 15.1. The minimum atomic E-state index is -1.11. The van der Waals surface area contributed by atoms with Crippen molar-refractivity contribution >= 4 is 11.8 Å². The summed E-state index contributed by atoms with van der Waals surface area (Å²) in [5.74, 6) is -0.316. The van der Waals surface area contributed by atoms with Crippen LogP contribution in [-0.2, 0) is 22.6 Å². The van der Waals surface area contributed by atoms with Crippen molar-refractivity contribution in [3.05, 3.63) is 89.5 Å². The van der Waals surface area contributed by atoms with Crippen LogP contribution in [0.4, 0.5) is 0 Å². The Morgan fingerprint density at radius 1 is 1.05 bits per heavy atom. The van der Waals surface area contributed by atoms with Crippen molar-refractivity contribution < 1.29 is 19.4 Å². The number of hydrogen-bond donors (Lipinski definition) is 3. The number of hydrogen-bond acceptors (Lipinski definition) is 5. The molecule has 1 aliphatic carbocycles. The van der Waals surface area contributed by atoms with E-state index < -0.39 is 23.3 Å².